The molecule has 0 heterocycles. The topological polar surface area (TPSA) is 116 Å². The maximum absolute atomic E-state index is 12.1. The van der Waals surface area contributed by atoms with Crippen molar-refractivity contribution in [2.24, 2.45) is 5.14 Å². The van der Waals surface area contributed by atoms with E-state index in [1.54, 1.807) is 6.92 Å². The molecule has 2 aromatic rings. The predicted molar refractivity (Wildman–Crippen MR) is 98.8 cm³/mol. The smallest absolute Gasteiger partial charge is 0.339 e. The number of nitrogens with one attached hydrogen (secondary N) is 1. The second-order valence-corrected chi connectivity index (χ2v) is 7.88. The molecule has 0 spiro atoms. The summed E-state index contributed by atoms with van der Waals surface area (Å²) in [6, 6.07) is 12.8. The van der Waals surface area contributed by atoms with Crippen molar-refractivity contribution in [1.82, 2.24) is 5.32 Å². The average Bonchev–Trinajstić information content (AvgIpc) is 2.59. The van der Waals surface area contributed by atoms with Gasteiger partial charge in [0.2, 0.25) is 10.0 Å². The molecule has 7 nitrogen and oxygen atoms in total. The number of carbonyl (C=O) groups excluding carboxylic acids is 2. The minimum Gasteiger partial charge on any atom is -0.452 e. The lowest BCUT2D eigenvalue weighted by Gasteiger charge is -2.14. The third-order valence-electron chi connectivity index (χ3n) is 3.50. The van der Waals surface area contributed by atoms with Crippen LogP contribution in [0.3, 0.4) is 0 Å². The number of nitrogens with two attached hydrogens (primary N) is 1. The number of ether oxygens (including phenoxy) is 1. The van der Waals surface area contributed by atoms with Gasteiger partial charge < -0.3 is 10.1 Å². The van der Waals surface area contributed by atoms with Gasteiger partial charge in [0, 0.05) is 4.47 Å². The van der Waals surface area contributed by atoms with E-state index < -0.39 is 28.5 Å². The largest absolute Gasteiger partial charge is 0.452 e. The lowest BCUT2D eigenvalue weighted by molar-refractivity contribution is -0.124. The molecule has 0 aliphatic heterocycles. The quantitative estimate of drug-likeness (QED) is 0.667. The van der Waals surface area contributed by atoms with E-state index in [-0.39, 0.29) is 16.5 Å². The first kappa shape index (κ1) is 20.1. The molecule has 1 unspecified atom stereocenters. The Balaban J connectivity index is 1.99. The van der Waals surface area contributed by atoms with Crippen LogP contribution in [0.15, 0.2) is 57.9 Å². The maximum atomic E-state index is 12.1. The molecule has 2 aromatic carbocycles. The summed E-state index contributed by atoms with van der Waals surface area (Å²) in [5.41, 5.74) is 0.871. The Morgan fingerprint density at radius 2 is 1.85 bits per heavy atom. The summed E-state index contributed by atoms with van der Waals surface area (Å²) in [6.07, 6.45) is 0. The van der Waals surface area contributed by atoms with Gasteiger partial charge in [-0.15, -0.1) is 0 Å². The number of benzene rings is 2. The molecule has 0 aromatic heterocycles. The minimum absolute atomic E-state index is 0.0413. The van der Waals surface area contributed by atoms with Gasteiger partial charge in [-0.05, 0) is 46.6 Å². The van der Waals surface area contributed by atoms with Gasteiger partial charge in [-0.3, -0.25) is 4.79 Å². The van der Waals surface area contributed by atoms with Gasteiger partial charge in [-0.2, -0.15) is 0 Å². The highest BCUT2D eigenvalue weighted by Crippen LogP contribution is 2.21. The molecule has 0 saturated heterocycles. The molecule has 9 heteroatoms. The SMILES string of the molecule is CC(NC(=O)COC(=O)c1cc(S(N)(=O)=O)ccc1Br)c1ccccc1. The van der Waals surface area contributed by atoms with E-state index in [0.29, 0.717) is 4.47 Å². The number of rotatable bonds is 6. The second kappa shape index (κ2) is 8.43. The van der Waals surface area contributed by atoms with Crippen molar-refractivity contribution in [2.45, 2.75) is 17.9 Å². The highest BCUT2D eigenvalue weighted by atomic mass is 79.9. The summed E-state index contributed by atoms with van der Waals surface area (Å²) in [5.74, 6) is -1.32. The van der Waals surface area contributed by atoms with E-state index in [1.807, 2.05) is 30.3 Å². The zero-order valence-electron chi connectivity index (χ0n) is 13.8. The standard InChI is InChI=1S/C17H17BrN2O5S/c1-11(12-5-3-2-4-6-12)20-16(21)10-25-17(22)14-9-13(26(19,23)24)7-8-15(14)18/h2-9,11H,10H2,1H3,(H,20,21)(H2,19,23,24). The fourth-order valence-electron chi connectivity index (χ4n) is 2.15. The number of sulfonamides is 1. The van der Waals surface area contributed by atoms with E-state index in [9.17, 15) is 18.0 Å². The van der Waals surface area contributed by atoms with Crippen LogP contribution in [0.25, 0.3) is 0 Å². The van der Waals surface area contributed by atoms with Gasteiger partial charge in [-0.1, -0.05) is 30.3 Å². The zero-order valence-corrected chi connectivity index (χ0v) is 16.2. The summed E-state index contributed by atoms with van der Waals surface area (Å²) in [4.78, 5) is 23.9. The Bertz CT molecular complexity index is 916. The van der Waals surface area contributed by atoms with Gasteiger partial charge in [0.05, 0.1) is 16.5 Å². The minimum atomic E-state index is -3.96. The lowest BCUT2D eigenvalue weighted by Crippen LogP contribution is -2.31. The molecule has 26 heavy (non-hydrogen) atoms. The highest BCUT2D eigenvalue weighted by molar-refractivity contribution is 9.10. The first-order valence-corrected chi connectivity index (χ1v) is 9.86. The van der Waals surface area contributed by atoms with Crippen LogP contribution in [0.5, 0.6) is 0 Å². The number of halogens is 1. The normalized spacial score (nSPS) is 12.3. The molecule has 1 atom stereocenters. The Labute approximate surface area is 159 Å². The fourth-order valence-corrected chi connectivity index (χ4v) is 3.10. The predicted octanol–water partition coefficient (Wildman–Crippen LogP) is 2.13. The summed E-state index contributed by atoms with van der Waals surface area (Å²) >= 11 is 3.14. The molecule has 0 fully saturated rings. The third-order valence-corrected chi connectivity index (χ3v) is 5.10. The van der Waals surface area contributed by atoms with Crippen molar-refractivity contribution in [2.75, 3.05) is 6.61 Å². The first-order valence-electron chi connectivity index (χ1n) is 7.52. The molecule has 0 bridgehead atoms. The van der Waals surface area contributed by atoms with Crippen LogP contribution in [-0.2, 0) is 19.6 Å². The van der Waals surface area contributed by atoms with Crippen LogP contribution < -0.4 is 10.5 Å². The molecular formula is C17H17BrN2O5S. The van der Waals surface area contributed by atoms with Gasteiger partial charge in [-0.25, -0.2) is 18.4 Å². The summed E-state index contributed by atoms with van der Waals surface area (Å²) in [5, 5.41) is 7.76. The Kier molecular flexibility index (Phi) is 6.52. The zero-order chi connectivity index (χ0) is 19.3. The first-order chi connectivity index (χ1) is 12.2. The molecule has 138 valence electrons. The van der Waals surface area contributed by atoms with E-state index in [1.165, 1.54) is 12.1 Å². The molecule has 0 radical (unpaired) electrons. The van der Waals surface area contributed by atoms with Crippen molar-refractivity contribution in [1.29, 1.82) is 0 Å². The van der Waals surface area contributed by atoms with Crippen molar-refractivity contribution < 1.29 is 22.7 Å². The molecule has 0 aliphatic rings. The van der Waals surface area contributed by atoms with Crippen LogP contribution >= 0.6 is 15.9 Å². The number of hydrogen-bond donors (Lipinski definition) is 2. The molecule has 2 rings (SSSR count). The van der Waals surface area contributed by atoms with Crippen LogP contribution in [0, 0.1) is 0 Å². The molecule has 1 amide bonds. The maximum Gasteiger partial charge on any atom is 0.339 e. The van der Waals surface area contributed by atoms with Crippen molar-refractivity contribution in [3.63, 3.8) is 0 Å². The van der Waals surface area contributed by atoms with Gasteiger partial charge in [0.15, 0.2) is 6.61 Å². The molecule has 3 N–H and O–H groups in total. The summed E-state index contributed by atoms with van der Waals surface area (Å²) in [6.45, 7) is 1.31. The average molecular weight is 441 g/mol. The van der Waals surface area contributed by atoms with Crippen LogP contribution in [0.4, 0.5) is 0 Å². The van der Waals surface area contributed by atoms with Gasteiger partial charge in [0.1, 0.15) is 0 Å². The monoisotopic (exact) mass is 440 g/mol. The van der Waals surface area contributed by atoms with Crippen molar-refractivity contribution in [3.05, 3.63) is 64.1 Å². The van der Waals surface area contributed by atoms with Crippen LogP contribution in [0.2, 0.25) is 0 Å². The Morgan fingerprint density at radius 3 is 2.46 bits per heavy atom. The van der Waals surface area contributed by atoms with E-state index in [2.05, 4.69) is 21.2 Å². The Morgan fingerprint density at radius 1 is 1.19 bits per heavy atom. The number of primary sulfonamides is 1. The summed E-state index contributed by atoms with van der Waals surface area (Å²) < 4.78 is 28.1. The summed E-state index contributed by atoms with van der Waals surface area (Å²) in [7, 11) is -3.96. The van der Waals surface area contributed by atoms with E-state index in [0.717, 1.165) is 11.6 Å². The Hall–Kier alpha value is -2.23. The molecule has 0 aliphatic carbocycles. The number of esters is 1. The number of carbonyl (C=O) groups is 2. The molecule has 0 saturated carbocycles. The fraction of sp³-hybridized carbons (Fsp3) is 0.176. The van der Waals surface area contributed by atoms with E-state index >= 15 is 0 Å². The van der Waals surface area contributed by atoms with Gasteiger partial charge >= 0.3 is 5.97 Å². The van der Waals surface area contributed by atoms with Crippen LogP contribution in [-0.4, -0.2) is 26.9 Å². The van der Waals surface area contributed by atoms with Crippen LogP contribution in [0.1, 0.15) is 28.9 Å². The molecular weight excluding hydrogens is 424 g/mol. The third kappa shape index (κ3) is 5.38. The number of amides is 1. The van der Waals surface area contributed by atoms with E-state index in [4.69, 9.17) is 9.88 Å². The van der Waals surface area contributed by atoms with Gasteiger partial charge in [0.25, 0.3) is 5.91 Å². The lowest BCUT2D eigenvalue weighted by atomic mass is 10.1. The van der Waals surface area contributed by atoms with Crippen molar-refractivity contribution >= 4 is 37.8 Å². The number of hydrogen-bond acceptors (Lipinski definition) is 5. The van der Waals surface area contributed by atoms with Crippen molar-refractivity contribution in [3.8, 4) is 0 Å². The highest BCUT2D eigenvalue weighted by Gasteiger charge is 2.18. The second-order valence-electron chi connectivity index (χ2n) is 5.46.